The molecule has 0 saturated carbocycles. The van der Waals surface area contributed by atoms with E-state index in [0.29, 0.717) is 44.1 Å². The Morgan fingerprint density at radius 2 is 1.77 bits per heavy atom. The fourth-order valence-electron chi connectivity index (χ4n) is 5.45. The van der Waals surface area contributed by atoms with Crippen molar-refractivity contribution in [3.8, 4) is 11.5 Å². The third-order valence-corrected chi connectivity index (χ3v) is 7.61. The summed E-state index contributed by atoms with van der Waals surface area (Å²) in [6.45, 7) is 7.22. The Morgan fingerprint density at radius 1 is 1.00 bits per heavy atom. The number of phenols is 2. The number of aliphatic hydroxyl groups excluding tert-OH is 1. The first-order chi connectivity index (χ1) is 19.1. The van der Waals surface area contributed by atoms with Crippen molar-refractivity contribution in [1.29, 1.82) is 0 Å². The molecule has 1 saturated heterocycles. The minimum absolute atomic E-state index is 0.00296. The largest absolute Gasteiger partial charge is 0.508 e. The second-order valence-corrected chi connectivity index (χ2v) is 10.7. The predicted octanol–water partition coefficient (Wildman–Crippen LogP) is 2.55. The van der Waals surface area contributed by atoms with Gasteiger partial charge >= 0.3 is 5.97 Å². The van der Waals surface area contributed by atoms with E-state index in [-0.39, 0.29) is 47.2 Å². The van der Waals surface area contributed by atoms with Gasteiger partial charge in [0.1, 0.15) is 17.3 Å². The highest BCUT2D eigenvalue weighted by Crippen LogP contribution is 2.34. The number of carbonyl (C=O) groups is 2. The Labute approximate surface area is 231 Å². The number of anilines is 1. The molecule has 11 nitrogen and oxygen atoms in total. The monoisotopic (exact) mass is 547 g/mol. The van der Waals surface area contributed by atoms with Crippen LogP contribution < -0.4 is 4.90 Å². The van der Waals surface area contributed by atoms with E-state index in [1.54, 1.807) is 11.0 Å². The molecule has 0 unspecified atom stereocenters. The molecule has 1 atom stereocenters. The minimum Gasteiger partial charge on any atom is -0.508 e. The summed E-state index contributed by atoms with van der Waals surface area (Å²) in [4.78, 5) is 38.4. The highest BCUT2D eigenvalue weighted by molar-refractivity contribution is 5.97. The fraction of sp³-hybridized carbons (Fsp3) is 0.379. The van der Waals surface area contributed by atoms with Gasteiger partial charge in [0.2, 0.25) is 0 Å². The number of carboxylic acid groups (broad SMARTS) is 1. The smallest absolute Gasteiger partial charge is 0.356 e. The molecule has 1 aromatic heterocycles. The van der Waals surface area contributed by atoms with Gasteiger partial charge in [-0.2, -0.15) is 0 Å². The number of carboxylic acids is 1. The average Bonchev–Trinajstić information content (AvgIpc) is 3.36. The van der Waals surface area contributed by atoms with Crippen molar-refractivity contribution in [3.63, 3.8) is 0 Å². The van der Waals surface area contributed by atoms with Crippen LogP contribution in [0, 0.1) is 0 Å². The van der Waals surface area contributed by atoms with Crippen molar-refractivity contribution in [2.24, 2.45) is 0 Å². The molecule has 0 radical (unpaired) electrons. The van der Waals surface area contributed by atoms with Crippen molar-refractivity contribution in [2.45, 2.75) is 45.4 Å². The van der Waals surface area contributed by atoms with Crippen LogP contribution in [-0.2, 0) is 19.6 Å². The van der Waals surface area contributed by atoms with Crippen LogP contribution in [0.25, 0.3) is 0 Å². The second-order valence-electron chi connectivity index (χ2n) is 10.7. The number of carbonyl (C=O) groups excluding carboxylic acids is 1. The number of rotatable bonds is 7. The molecule has 0 aliphatic carbocycles. The van der Waals surface area contributed by atoms with E-state index in [2.05, 4.69) is 27.0 Å². The highest BCUT2D eigenvalue weighted by Gasteiger charge is 2.30. The summed E-state index contributed by atoms with van der Waals surface area (Å²) in [7, 11) is 0. The van der Waals surface area contributed by atoms with Crippen molar-refractivity contribution < 1.29 is 30.0 Å². The van der Waals surface area contributed by atoms with Crippen molar-refractivity contribution in [3.05, 3.63) is 76.2 Å². The van der Waals surface area contributed by atoms with Gasteiger partial charge in [0.25, 0.3) is 5.91 Å². The topological polar surface area (TPSA) is 151 Å². The molecule has 2 aliphatic rings. The molecule has 4 N–H and O–H groups in total. The molecule has 210 valence electrons. The summed E-state index contributed by atoms with van der Waals surface area (Å²) in [6.07, 6.45) is 2.65. The number of benzene rings is 2. The minimum atomic E-state index is -1.14. The van der Waals surface area contributed by atoms with E-state index in [1.807, 2.05) is 24.8 Å². The number of aromatic nitrogens is 2. The maximum absolute atomic E-state index is 13.3. The highest BCUT2D eigenvalue weighted by atomic mass is 16.4. The molecule has 2 aromatic carbocycles. The Kier molecular flexibility index (Phi) is 7.59. The SMILES string of the molecule is CC(C)c1cc(C(=O)N2Cc3ccc(CN4CCN(c5cnc(C(=O)O)cn5)[C@H](CO)C4)cc3C2)c(O)cc1O. The molecule has 0 spiro atoms. The van der Waals surface area contributed by atoms with Crippen LogP contribution in [0.3, 0.4) is 0 Å². The first-order valence-electron chi connectivity index (χ1n) is 13.3. The second kappa shape index (κ2) is 11.1. The molecular formula is C29H33N5O6. The fourth-order valence-corrected chi connectivity index (χ4v) is 5.45. The van der Waals surface area contributed by atoms with E-state index in [4.69, 9.17) is 5.11 Å². The molecule has 11 heteroatoms. The predicted molar refractivity (Wildman–Crippen MR) is 146 cm³/mol. The van der Waals surface area contributed by atoms with E-state index in [1.165, 1.54) is 18.5 Å². The van der Waals surface area contributed by atoms with Crippen LogP contribution >= 0.6 is 0 Å². The number of hydrogen-bond donors (Lipinski definition) is 4. The number of aromatic carboxylic acids is 1. The summed E-state index contributed by atoms with van der Waals surface area (Å²) in [5.41, 5.74) is 3.88. The number of fused-ring (bicyclic) bond motifs is 1. The third kappa shape index (κ3) is 5.43. The van der Waals surface area contributed by atoms with E-state index in [0.717, 1.165) is 23.2 Å². The van der Waals surface area contributed by atoms with E-state index in [9.17, 15) is 24.9 Å². The van der Waals surface area contributed by atoms with Crippen molar-refractivity contribution in [1.82, 2.24) is 19.8 Å². The maximum Gasteiger partial charge on any atom is 0.356 e. The number of aliphatic hydroxyl groups is 1. The van der Waals surface area contributed by atoms with Gasteiger partial charge < -0.3 is 30.2 Å². The molecule has 40 heavy (non-hydrogen) atoms. The van der Waals surface area contributed by atoms with Gasteiger partial charge in [-0.3, -0.25) is 9.69 Å². The van der Waals surface area contributed by atoms with Crippen LogP contribution in [0.1, 0.15) is 62.9 Å². The number of aromatic hydroxyl groups is 2. The molecule has 3 aromatic rings. The quantitative estimate of drug-likeness (QED) is 0.347. The first-order valence-corrected chi connectivity index (χ1v) is 13.3. The van der Waals surface area contributed by atoms with Gasteiger partial charge in [-0.25, -0.2) is 14.8 Å². The summed E-state index contributed by atoms with van der Waals surface area (Å²) >= 11 is 0. The molecular weight excluding hydrogens is 514 g/mol. The normalized spacial score (nSPS) is 17.4. The van der Waals surface area contributed by atoms with Gasteiger partial charge in [0, 0.05) is 45.3 Å². The van der Waals surface area contributed by atoms with Crippen LogP contribution in [0.5, 0.6) is 11.5 Å². The summed E-state index contributed by atoms with van der Waals surface area (Å²) in [5, 5.41) is 39.6. The zero-order valence-electron chi connectivity index (χ0n) is 22.5. The number of phenolic OH excluding ortho intramolecular Hbond substituents is 2. The molecule has 1 amide bonds. The van der Waals surface area contributed by atoms with E-state index < -0.39 is 5.97 Å². The Bertz CT molecular complexity index is 1430. The molecule has 2 aliphatic heterocycles. The lowest BCUT2D eigenvalue weighted by Crippen LogP contribution is -2.54. The van der Waals surface area contributed by atoms with Gasteiger partial charge in [0.05, 0.1) is 30.6 Å². The van der Waals surface area contributed by atoms with Crippen LogP contribution in [0.15, 0.2) is 42.7 Å². The Morgan fingerprint density at radius 3 is 2.45 bits per heavy atom. The van der Waals surface area contributed by atoms with Crippen molar-refractivity contribution in [2.75, 3.05) is 31.1 Å². The number of nitrogens with zero attached hydrogens (tertiary/aromatic N) is 5. The summed E-state index contributed by atoms with van der Waals surface area (Å²) < 4.78 is 0. The van der Waals surface area contributed by atoms with E-state index >= 15 is 0 Å². The molecule has 5 rings (SSSR count). The van der Waals surface area contributed by atoms with Crippen LogP contribution in [0.2, 0.25) is 0 Å². The lowest BCUT2D eigenvalue weighted by Gasteiger charge is -2.41. The Balaban J connectivity index is 1.24. The van der Waals surface area contributed by atoms with Gasteiger partial charge in [-0.1, -0.05) is 32.0 Å². The van der Waals surface area contributed by atoms with Gasteiger partial charge in [0.15, 0.2) is 5.69 Å². The Hall–Kier alpha value is -4.22. The zero-order valence-corrected chi connectivity index (χ0v) is 22.5. The maximum atomic E-state index is 13.3. The molecule has 1 fully saturated rings. The molecule has 3 heterocycles. The number of amides is 1. The zero-order chi connectivity index (χ0) is 28.6. The summed E-state index contributed by atoms with van der Waals surface area (Å²) in [5.74, 6) is -1.13. The van der Waals surface area contributed by atoms with Crippen LogP contribution in [-0.4, -0.2) is 84.4 Å². The van der Waals surface area contributed by atoms with Crippen LogP contribution in [0.4, 0.5) is 5.82 Å². The van der Waals surface area contributed by atoms with Crippen molar-refractivity contribution >= 4 is 17.7 Å². The van der Waals surface area contributed by atoms with Gasteiger partial charge in [-0.05, 0) is 34.2 Å². The summed E-state index contributed by atoms with van der Waals surface area (Å²) in [6, 6.07) is 8.80. The standard InChI is InChI=1S/C29H33N5O6/c1-17(2)22-8-23(26(37)9-25(22)36)28(38)33-13-19-4-3-18(7-20(19)14-33)12-32-5-6-34(21(15-32)16-35)27-11-30-24(10-31-27)29(39)40/h3-4,7-11,17,21,35-37H,5-6,12-16H2,1-2H3,(H,39,40)/t21-/m0/s1. The number of hydrogen-bond acceptors (Lipinski definition) is 9. The molecule has 0 bridgehead atoms. The lowest BCUT2D eigenvalue weighted by molar-refractivity contribution is 0.0688. The first kappa shape index (κ1) is 27.4. The van der Waals surface area contributed by atoms with Gasteiger partial charge in [-0.15, -0.1) is 0 Å². The number of piperazine rings is 1. The lowest BCUT2D eigenvalue weighted by atomic mass is 9.98. The third-order valence-electron chi connectivity index (χ3n) is 7.61. The average molecular weight is 548 g/mol.